The van der Waals surface area contributed by atoms with Gasteiger partial charge < -0.3 is 10.2 Å². The number of rotatable bonds is 4. The third-order valence-electron chi connectivity index (χ3n) is 5.38. The number of phenolic OH excluding ortho intramolecular Hbond substituents is 2. The second kappa shape index (κ2) is 7.84. The lowest BCUT2D eigenvalue weighted by Crippen LogP contribution is -1.89. The lowest BCUT2D eigenvalue weighted by Gasteiger charge is -2.08. The number of hydrogen-bond donors (Lipinski definition) is 2. The van der Waals surface area contributed by atoms with Gasteiger partial charge in [0, 0.05) is 0 Å². The monoisotopic (exact) mass is 380 g/mol. The predicted octanol–water partition coefficient (Wildman–Crippen LogP) is 6.64. The number of aromatic hydroxyl groups is 2. The Bertz CT molecular complexity index is 1050. The average molecular weight is 380 g/mol. The Kier molecular flexibility index (Phi) is 5.09. The van der Waals surface area contributed by atoms with E-state index in [2.05, 4.69) is 48.5 Å². The molecule has 0 amide bonds. The van der Waals surface area contributed by atoms with Gasteiger partial charge in [-0.15, -0.1) is 0 Å². The van der Waals surface area contributed by atoms with Crippen LogP contribution in [0.2, 0.25) is 0 Å². The molecule has 0 fully saturated rings. The van der Waals surface area contributed by atoms with Crippen LogP contribution in [0.25, 0.3) is 22.3 Å². The van der Waals surface area contributed by atoms with Gasteiger partial charge in [0.2, 0.25) is 0 Å². The van der Waals surface area contributed by atoms with Crippen molar-refractivity contribution in [3.63, 3.8) is 0 Å². The smallest absolute Gasteiger partial charge is 0.118 e. The molecule has 0 aliphatic rings. The maximum absolute atomic E-state index is 9.71. The summed E-state index contributed by atoms with van der Waals surface area (Å²) in [6.45, 7) is 3.83. The Hall–Kier alpha value is -3.52. The standard InChI is InChI=1S/C27H24O2/c1-18-15-24(11-13-26(18)28)22-7-3-20(4-8-22)17-21-5-9-23(10-6-21)25-12-14-27(29)19(2)16-25/h3-16,28-29H,17H2,1-2H3. The molecule has 144 valence electrons. The zero-order chi connectivity index (χ0) is 20.4. The molecule has 0 spiro atoms. The molecule has 0 unspecified atom stereocenters. The number of phenols is 2. The van der Waals surface area contributed by atoms with Gasteiger partial charge in [0.05, 0.1) is 0 Å². The van der Waals surface area contributed by atoms with Crippen LogP contribution in [0, 0.1) is 13.8 Å². The summed E-state index contributed by atoms with van der Waals surface area (Å²) >= 11 is 0. The fraction of sp³-hybridized carbons (Fsp3) is 0.111. The molecule has 0 bridgehead atoms. The maximum Gasteiger partial charge on any atom is 0.118 e. The van der Waals surface area contributed by atoms with Crippen molar-refractivity contribution in [2.75, 3.05) is 0 Å². The van der Waals surface area contributed by atoms with Crippen molar-refractivity contribution in [2.24, 2.45) is 0 Å². The summed E-state index contributed by atoms with van der Waals surface area (Å²) in [6.07, 6.45) is 0.879. The average Bonchev–Trinajstić information content (AvgIpc) is 2.73. The fourth-order valence-electron chi connectivity index (χ4n) is 3.54. The molecule has 0 saturated carbocycles. The van der Waals surface area contributed by atoms with Crippen LogP contribution in [0.5, 0.6) is 11.5 Å². The lowest BCUT2D eigenvalue weighted by atomic mass is 9.97. The summed E-state index contributed by atoms with van der Waals surface area (Å²) < 4.78 is 0. The molecule has 4 rings (SSSR count). The number of aryl methyl sites for hydroxylation is 2. The van der Waals surface area contributed by atoms with E-state index < -0.39 is 0 Å². The summed E-state index contributed by atoms with van der Waals surface area (Å²) in [5, 5.41) is 19.4. The molecule has 4 aromatic carbocycles. The molecule has 2 heteroatoms. The molecule has 0 aliphatic heterocycles. The SMILES string of the molecule is Cc1cc(-c2ccc(Cc3ccc(-c4ccc(O)c(C)c4)cc3)cc2)ccc1O. The minimum absolute atomic E-state index is 0.330. The summed E-state index contributed by atoms with van der Waals surface area (Å²) in [5.74, 6) is 0.660. The molecule has 4 aromatic rings. The summed E-state index contributed by atoms with van der Waals surface area (Å²) in [7, 11) is 0. The van der Waals surface area contributed by atoms with Gasteiger partial charge in [-0.25, -0.2) is 0 Å². The summed E-state index contributed by atoms with van der Waals surface area (Å²) in [5.41, 5.74) is 8.81. The first-order chi connectivity index (χ1) is 14.0. The van der Waals surface area contributed by atoms with Gasteiger partial charge in [0.15, 0.2) is 0 Å². The highest BCUT2D eigenvalue weighted by atomic mass is 16.3. The molecule has 0 radical (unpaired) electrons. The van der Waals surface area contributed by atoms with Crippen molar-refractivity contribution in [1.82, 2.24) is 0 Å². The minimum atomic E-state index is 0.330. The largest absolute Gasteiger partial charge is 0.508 e. The van der Waals surface area contributed by atoms with E-state index in [0.717, 1.165) is 39.8 Å². The zero-order valence-electron chi connectivity index (χ0n) is 16.7. The van der Waals surface area contributed by atoms with Crippen LogP contribution in [0.15, 0.2) is 84.9 Å². The van der Waals surface area contributed by atoms with Gasteiger partial charge in [-0.3, -0.25) is 0 Å². The predicted molar refractivity (Wildman–Crippen MR) is 119 cm³/mol. The minimum Gasteiger partial charge on any atom is -0.508 e. The lowest BCUT2D eigenvalue weighted by molar-refractivity contribution is 0.471. The summed E-state index contributed by atoms with van der Waals surface area (Å²) in [4.78, 5) is 0. The molecular formula is C27H24O2. The van der Waals surface area contributed by atoms with Gasteiger partial charge in [0.1, 0.15) is 11.5 Å². The molecule has 0 aromatic heterocycles. The van der Waals surface area contributed by atoms with Gasteiger partial charge in [-0.1, -0.05) is 60.7 Å². The van der Waals surface area contributed by atoms with Crippen LogP contribution in [0.3, 0.4) is 0 Å². The van der Waals surface area contributed by atoms with E-state index in [1.165, 1.54) is 11.1 Å². The van der Waals surface area contributed by atoms with E-state index in [-0.39, 0.29) is 0 Å². The van der Waals surface area contributed by atoms with E-state index in [1.807, 2.05) is 38.1 Å². The molecular weight excluding hydrogens is 356 g/mol. The van der Waals surface area contributed by atoms with Crippen LogP contribution < -0.4 is 0 Å². The molecule has 2 N–H and O–H groups in total. The first kappa shape index (κ1) is 18.8. The Morgan fingerprint density at radius 1 is 0.483 bits per heavy atom. The van der Waals surface area contributed by atoms with Crippen molar-refractivity contribution >= 4 is 0 Å². The van der Waals surface area contributed by atoms with Gasteiger partial charge in [0.25, 0.3) is 0 Å². The first-order valence-corrected chi connectivity index (χ1v) is 9.77. The van der Waals surface area contributed by atoms with Crippen LogP contribution in [-0.4, -0.2) is 10.2 Å². The van der Waals surface area contributed by atoms with E-state index in [1.54, 1.807) is 12.1 Å². The molecule has 2 nitrogen and oxygen atoms in total. The highest BCUT2D eigenvalue weighted by Gasteiger charge is 2.04. The Labute approximate surface area is 171 Å². The quantitative estimate of drug-likeness (QED) is 0.417. The van der Waals surface area contributed by atoms with Gasteiger partial charge in [-0.05, 0) is 89.0 Å². The van der Waals surface area contributed by atoms with Gasteiger partial charge >= 0.3 is 0 Å². The normalized spacial score (nSPS) is 10.8. The van der Waals surface area contributed by atoms with Gasteiger partial charge in [-0.2, -0.15) is 0 Å². The Morgan fingerprint density at radius 2 is 0.828 bits per heavy atom. The number of hydrogen-bond acceptors (Lipinski definition) is 2. The van der Waals surface area contributed by atoms with Crippen LogP contribution in [0.4, 0.5) is 0 Å². The second-order valence-electron chi connectivity index (χ2n) is 7.57. The second-order valence-corrected chi connectivity index (χ2v) is 7.57. The van der Waals surface area contributed by atoms with E-state index >= 15 is 0 Å². The van der Waals surface area contributed by atoms with Crippen LogP contribution in [0.1, 0.15) is 22.3 Å². The highest BCUT2D eigenvalue weighted by Crippen LogP contribution is 2.27. The molecule has 29 heavy (non-hydrogen) atoms. The molecule has 0 saturated heterocycles. The Balaban J connectivity index is 1.49. The van der Waals surface area contributed by atoms with Crippen molar-refractivity contribution in [3.8, 4) is 33.8 Å². The van der Waals surface area contributed by atoms with E-state index in [0.29, 0.717) is 11.5 Å². The first-order valence-electron chi connectivity index (χ1n) is 9.77. The maximum atomic E-state index is 9.71. The van der Waals surface area contributed by atoms with E-state index in [9.17, 15) is 10.2 Å². The van der Waals surface area contributed by atoms with Crippen LogP contribution >= 0.6 is 0 Å². The number of benzene rings is 4. The third kappa shape index (κ3) is 4.17. The zero-order valence-corrected chi connectivity index (χ0v) is 16.7. The van der Waals surface area contributed by atoms with Crippen molar-refractivity contribution in [2.45, 2.75) is 20.3 Å². The Morgan fingerprint density at radius 3 is 1.17 bits per heavy atom. The van der Waals surface area contributed by atoms with Crippen molar-refractivity contribution < 1.29 is 10.2 Å². The fourth-order valence-corrected chi connectivity index (χ4v) is 3.54. The molecule has 0 atom stereocenters. The van der Waals surface area contributed by atoms with Crippen molar-refractivity contribution in [3.05, 3.63) is 107 Å². The molecule has 0 heterocycles. The van der Waals surface area contributed by atoms with Crippen molar-refractivity contribution in [1.29, 1.82) is 0 Å². The topological polar surface area (TPSA) is 40.5 Å². The third-order valence-corrected chi connectivity index (χ3v) is 5.38. The molecule has 0 aliphatic carbocycles. The highest BCUT2D eigenvalue weighted by molar-refractivity contribution is 5.67. The van der Waals surface area contributed by atoms with E-state index in [4.69, 9.17) is 0 Å². The van der Waals surface area contributed by atoms with Crippen LogP contribution in [-0.2, 0) is 6.42 Å². The summed E-state index contributed by atoms with van der Waals surface area (Å²) in [6, 6.07) is 28.6.